The first-order chi connectivity index (χ1) is 14.3. The molecule has 4 aliphatic carbocycles. The molecule has 3 saturated carbocycles. The Morgan fingerprint density at radius 3 is 2.48 bits per heavy atom. The van der Waals surface area contributed by atoms with Crippen molar-refractivity contribution in [3.05, 3.63) is 11.6 Å². The van der Waals surface area contributed by atoms with Crippen molar-refractivity contribution < 1.29 is 9.53 Å². The van der Waals surface area contributed by atoms with Crippen LogP contribution < -0.4 is 0 Å². The summed E-state index contributed by atoms with van der Waals surface area (Å²) in [6.07, 6.45) is 12.5. The second-order valence-corrected chi connectivity index (χ2v) is 18.7. The Kier molecular flexibility index (Phi) is 6.18. The highest BCUT2D eigenvalue weighted by Gasteiger charge is 2.59. The Hall–Kier alpha value is -0.123. The molecule has 3 fully saturated rings. The largest absolute Gasteiger partial charge is 0.564 e. The van der Waals surface area contributed by atoms with E-state index in [4.69, 9.17) is 4.43 Å². The summed E-state index contributed by atoms with van der Waals surface area (Å²) in [5.41, 5.74) is 2.45. The van der Waals surface area contributed by atoms with E-state index in [1.807, 2.05) is 0 Å². The Balaban J connectivity index is 1.48. The van der Waals surface area contributed by atoms with Crippen molar-refractivity contribution in [2.24, 2.45) is 40.4 Å². The quantitative estimate of drug-likeness (QED) is 0.356. The fourth-order valence-corrected chi connectivity index (χ4v) is 9.40. The Morgan fingerprint density at radius 1 is 1.10 bits per heavy atom. The van der Waals surface area contributed by atoms with Crippen molar-refractivity contribution in [3.8, 4) is 0 Å². The molecular weight excluding hydrogens is 396 g/mol. The maximum absolute atomic E-state index is 10.3. The van der Waals surface area contributed by atoms with Gasteiger partial charge in [-0.05, 0) is 100 Å². The average Bonchev–Trinajstić information content (AvgIpc) is 3.03. The lowest BCUT2D eigenvalue weighted by Gasteiger charge is -2.58. The van der Waals surface area contributed by atoms with Gasteiger partial charge in [-0.1, -0.05) is 53.2 Å². The van der Waals surface area contributed by atoms with Crippen molar-refractivity contribution in [1.82, 2.24) is 0 Å². The second-order valence-electron chi connectivity index (χ2n) is 13.9. The lowest BCUT2D eigenvalue weighted by atomic mass is 9.47. The van der Waals surface area contributed by atoms with Gasteiger partial charge in [-0.2, -0.15) is 0 Å². The Labute approximate surface area is 193 Å². The smallest absolute Gasteiger partial charge is 0.0577 e. The molecule has 179 valence electrons. The zero-order valence-electron chi connectivity index (χ0n) is 21.8. The van der Waals surface area contributed by atoms with Gasteiger partial charge in [0.2, 0.25) is 0 Å². The molecule has 0 aromatic carbocycles. The number of rotatable bonds is 4. The summed E-state index contributed by atoms with van der Waals surface area (Å²) in [5, 5.41) is 10.5. The van der Waals surface area contributed by atoms with Gasteiger partial charge in [0, 0.05) is 6.61 Å². The van der Waals surface area contributed by atoms with Gasteiger partial charge in [0.25, 0.3) is 0 Å². The maximum atomic E-state index is 10.3. The minimum atomic E-state index is -1.68. The summed E-state index contributed by atoms with van der Waals surface area (Å²) in [6, 6.07) is 0. The highest BCUT2D eigenvalue weighted by molar-refractivity contribution is 6.74. The third kappa shape index (κ3) is 3.93. The van der Waals surface area contributed by atoms with Crippen LogP contribution >= 0.6 is 0 Å². The SMILES string of the molecule is C[C@H](CO[Si-](C)(C)C(C)(C)C)[C@H]1CC[C@H]2[C@@H]3CC=C4C[C@@H](O)CC[C@]4(C)[C@H]3CC[C@]12C. The number of aliphatic hydroxyl groups is 1. The van der Waals surface area contributed by atoms with Gasteiger partial charge in [0.05, 0.1) is 6.10 Å². The van der Waals surface area contributed by atoms with Crippen LogP contribution in [0.5, 0.6) is 0 Å². The molecule has 0 aliphatic heterocycles. The molecule has 4 aliphatic rings. The van der Waals surface area contributed by atoms with E-state index in [2.05, 4.69) is 60.7 Å². The molecule has 0 aromatic heterocycles. The van der Waals surface area contributed by atoms with Crippen LogP contribution in [-0.2, 0) is 4.43 Å². The second kappa shape index (κ2) is 7.98. The topological polar surface area (TPSA) is 29.5 Å². The van der Waals surface area contributed by atoms with Gasteiger partial charge in [-0.3, -0.25) is 0 Å². The van der Waals surface area contributed by atoms with E-state index in [-0.39, 0.29) is 6.10 Å². The van der Waals surface area contributed by atoms with Crippen LogP contribution in [-0.4, -0.2) is 26.1 Å². The van der Waals surface area contributed by atoms with E-state index in [1.165, 1.54) is 38.5 Å². The highest BCUT2D eigenvalue weighted by Crippen LogP contribution is 2.67. The molecule has 0 radical (unpaired) electrons. The normalized spacial score (nSPS) is 44.2. The number of aliphatic hydroxyl groups excluding tert-OH is 1. The molecule has 0 spiro atoms. The van der Waals surface area contributed by atoms with Crippen LogP contribution in [0.1, 0.15) is 92.9 Å². The van der Waals surface area contributed by atoms with Crippen molar-refractivity contribution in [1.29, 1.82) is 0 Å². The summed E-state index contributed by atoms with van der Waals surface area (Å²) in [5.74, 6) is 4.07. The zero-order chi connectivity index (χ0) is 22.8. The van der Waals surface area contributed by atoms with Gasteiger partial charge < -0.3 is 9.53 Å². The first kappa shape index (κ1) is 24.0. The van der Waals surface area contributed by atoms with Crippen molar-refractivity contribution in [2.75, 3.05) is 6.61 Å². The third-order valence-electron chi connectivity index (χ3n) is 11.4. The Bertz CT molecular complexity index is 706. The van der Waals surface area contributed by atoms with E-state index in [0.717, 1.165) is 43.1 Å². The molecule has 3 heteroatoms. The van der Waals surface area contributed by atoms with Gasteiger partial charge in [0.15, 0.2) is 0 Å². The average molecular weight is 447 g/mol. The monoisotopic (exact) mass is 446 g/mol. The van der Waals surface area contributed by atoms with E-state index >= 15 is 0 Å². The molecule has 0 bridgehead atoms. The molecule has 0 aromatic rings. The number of fused-ring (bicyclic) bond motifs is 5. The Morgan fingerprint density at radius 2 is 1.81 bits per heavy atom. The lowest BCUT2D eigenvalue weighted by Crippen LogP contribution is -2.51. The molecule has 2 nitrogen and oxygen atoms in total. The summed E-state index contributed by atoms with van der Waals surface area (Å²) in [4.78, 5) is 0. The predicted octanol–water partition coefficient (Wildman–Crippen LogP) is 7.58. The lowest BCUT2D eigenvalue weighted by molar-refractivity contribution is -0.0594. The highest BCUT2D eigenvalue weighted by atomic mass is 28.4. The zero-order valence-corrected chi connectivity index (χ0v) is 22.8. The third-order valence-corrected chi connectivity index (χ3v) is 15.9. The first-order valence-electron chi connectivity index (χ1n) is 13.3. The number of allylic oxidation sites excluding steroid dienone is 1. The molecule has 0 amide bonds. The predicted molar refractivity (Wildman–Crippen MR) is 134 cm³/mol. The molecule has 8 atom stereocenters. The fourth-order valence-electron chi connectivity index (χ4n) is 8.29. The minimum Gasteiger partial charge on any atom is -0.564 e. The van der Waals surface area contributed by atoms with Crippen LogP contribution in [0.4, 0.5) is 0 Å². The number of hydrogen-bond acceptors (Lipinski definition) is 2. The summed E-state index contributed by atoms with van der Waals surface area (Å²) in [6.45, 7) is 20.5. The van der Waals surface area contributed by atoms with Gasteiger partial charge in [-0.15, -0.1) is 18.1 Å². The van der Waals surface area contributed by atoms with E-state index in [0.29, 0.717) is 21.8 Å². The van der Waals surface area contributed by atoms with Crippen molar-refractivity contribution >= 4 is 8.32 Å². The van der Waals surface area contributed by atoms with Crippen LogP contribution in [0.3, 0.4) is 0 Å². The minimum absolute atomic E-state index is 0.0951. The van der Waals surface area contributed by atoms with E-state index < -0.39 is 8.32 Å². The van der Waals surface area contributed by atoms with Gasteiger partial charge in [0.1, 0.15) is 0 Å². The van der Waals surface area contributed by atoms with E-state index in [9.17, 15) is 5.11 Å². The molecule has 1 N–H and O–H groups in total. The van der Waals surface area contributed by atoms with Crippen LogP contribution in [0.25, 0.3) is 0 Å². The molecule has 0 saturated heterocycles. The summed E-state index contributed by atoms with van der Waals surface area (Å²) >= 11 is 0. The van der Waals surface area contributed by atoms with Gasteiger partial charge >= 0.3 is 0 Å². The van der Waals surface area contributed by atoms with Crippen molar-refractivity contribution in [2.45, 2.75) is 117 Å². The molecular formula is C28H50O2Si-. The van der Waals surface area contributed by atoms with Crippen LogP contribution in [0, 0.1) is 40.4 Å². The maximum Gasteiger partial charge on any atom is 0.0577 e. The summed E-state index contributed by atoms with van der Waals surface area (Å²) < 4.78 is 6.70. The van der Waals surface area contributed by atoms with Crippen LogP contribution in [0.2, 0.25) is 18.1 Å². The molecule has 31 heavy (non-hydrogen) atoms. The van der Waals surface area contributed by atoms with Gasteiger partial charge in [-0.25, -0.2) is 0 Å². The molecule has 4 rings (SSSR count). The van der Waals surface area contributed by atoms with E-state index in [1.54, 1.807) is 5.57 Å². The molecule has 0 heterocycles. The number of hydrogen-bond donors (Lipinski definition) is 1. The van der Waals surface area contributed by atoms with Crippen molar-refractivity contribution in [3.63, 3.8) is 0 Å². The molecule has 0 unspecified atom stereocenters. The summed E-state index contributed by atoms with van der Waals surface area (Å²) in [7, 11) is -1.68. The van der Waals surface area contributed by atoms with Crippen LogP contribution in [0.15, 0.2) is 11.6 Å². The first-order valence-corrected chi connectivity index (χ1v) is 16.2. The standard InChI is InChI=1S/C28H50O2Si/c1-19(18-30-31(7,8)26(2,3)4)23-11-12-24-22-10-9-20-17-21(29)13-15-27(20,5)25(22)14-16-28(23,24)6/h9,19,21-25,29H,10-18H2,1-8H3/q-1/t19-,21+,22+,23-,24+,25+,27+,28-/m1/s1. The fraction of sp³-hybridized carbons (Fsp3) is 0.929.